The molecule has 0 spiro atoms. The minimum absolute atomic E-state index is 0.0988. The molecule has 1 amide bonds. The van der Waals surface area contributed by atoms with E-state index in [1.54, 1.807) is 13.2 Å². The molecule has 17 heavy (non-hydrogen) atoms. The maximum absolute atomic E-state index is 12.3. The van der Waals surface area contributed by atoms with E-state index in [4.69, 9.17) is 10.5 Å². The summed E-state index contributed by atoms with van der Waals surface area (Å²) < 4.78 is 5.10. The Hall–Kier alpha value is -1.07. The molecular weight excluding hydrogens is 236 g/mol. The van der Waals surface area contributed by atoms with Crippen LogP contribution >= 0.6 is 11.3 Å². The number of ether oxygens (including phenoxy) is 1. The summed E-state index contributed by atoms with van der Waals surface area (Å²) in [5, 5.41) is 1.86. The van der Waals surface area contributed by atoms with Crippen LogP contribution in [0.3, 0.4) is 0 Å². The van der Waals surface area contributed by atoms with Gasteiger partial charge in [-0.25, -0.2) is 0 Å². The lowest BCUT2D eigenvalue weighted by Crippen LogP contribution is -2.33. The Bertz CT molecular complexity index is 405. The molecule has 94 valence electrons. The Morgan fingerprint density at radius 3 is 3.00 bits per heavy atom. The second-order valence-electron chi connectivity index (χ2n) is 4.49. The highest BCUT2D eigenvalue weighted by molar-refractivity contribution is 7.12. The lowest BCUT2D eigenvalue weighted by atomic mass is 10.1. The lowest BCUT2D eigenvalue weighted by Gasteiger charge is -2.20. The molecule has 1 aliphatic heterocycles. The number of likely N-dealkylation sites (tertiary alicyclic amines) is 1. The van der Waals surface area contributed by atoms with Gasteiger partial charge in [-0.3, -0.25) is 4.79 Å². The lowest BCUT2D eigenvalue weighted by molar-refractivity contribution is 0.0748. The van der Waals surface area contributed by atoms with E-state index in [2.05, 4.69) is 6.92 Å². The topological polar surface area (TPSA) is 55.6 Å². The zero-order valence-corrected chi connectivity index (χ0v) is 11.0. The molecule has 4 nitrogen and oxygen atoms in total. The molecule has 0 aromatic carbocycles. The van der Waals surface area contributed by atoms with Crippen LogP contribution in [0, 0.1) is 5.92 Å². The average Bonchev–Trinajstić information content (AvgIpc) is 2.94. The van der Waals surface area contributed by atoms with Crippen LogP contribution in [-0.2, 0) is 0 Å². The number of carbonyl (C=O) groups is 1. The molecule has 2 rings (SSSR count). The van der Waals surface area contributed by atoms with Crippen LogP contribution in [0.25, 0.3) is 0 Å². The Kier molecular flexibility index (Phi) is 3.69. The van der Waals surface area contributed by atoms with E-state index >= 15 is 0 Å². The van der Waals surface area contributed by atoms with Gasteiger partial charge in [-0.15, -0.1) is 11.3 Å². The summed E-state index contributed by atoms with van der Waals surface area (Å²) in [4.78, 5) is 14.9. The zero-order valence-electron chi connectivity index (χ0n) is 10.2. The maximum atomic E-state index is 12.3. The predicted molar refractivity (Wildman–Crippen MR) is 68.5 cm³/mol. The van der Waals surface area contributed by atoms with Crippen molar-refractivity contribution in [2.45, 2.75) is 19.4 Å². The average molecular weight is 254 g/mol. The Labute approximate surface area is 105 Å². The zero-order chi connectivity index (χ0) is 12.4. The SMILES string of the molecule is COc1csc(C(=O)N2CC(CN)CC2C)c1. The monoisotopic (exact) mass is 254 g/mol. The first kappa shape index (κ1) is 12.4. The van der Waals surface area contributed by atoms with Crippen molar-refractivity contribution in [3.8, 4) is 5.75 Å². The van der Waals surface area contributed by atoms with Crippen LogP contribution in [-0.4, -0.2) is 37.0 Å². The number of thiophene rings is 1. The van der Waals surface area contributed by atoms with Gasteiger partial charge in [0.1, 0.15) is 5.75 Å². The van der Waals surface area contributed by atoms with Gasteiger partial charge >= 0.3 is 0 Å². The summed E-state index contributed by atoms with van der Waals surface area (Å²) >= 11 is 1.43. The molecule has 1 aromatic heterocycles. The van der Waals surface area contributed by atoms with E-state index < -0.39 is 0 Å². The molecule has 0 saturated carbocycles. The van der Waals surface area contributed by atoms with Gasteiger partial charge in [-0.1, -0.05) is 0 Å². The van der Waals surface area contributed by atoms with Gasteiger partial charge in [-0.2, -0.15) is 0 Å². The van der Waals surface area contributed by atoms with Gasteiger partial charge in [0.05, 0.1) is 12.0 Å². The van der Waals surface area contributed by atoms with Gasteiger partial charge < -0.3 is 15.4 Å². The second kappa shape index (κ2) is 5.06. The molecule has 0 bridgehead atoms. The highest BCUT2D eigenvalue weighted by Crippen LogP contribution is 2.28. The molecule has 1 aliphatic rings. The molecule has 2 heterocycles. The van der Waals surface area contributed by atoms with Crippen LogP contribution in [0.2, 0.25) is 0 Å². The van der Waals surface area contributed by atoms with Crippen molar-refractivity contribution in [3.63, 3.8) is 0 Å². The molecule has 1 aromatic rings. The van der Waals surface area contributed by atoms with Crippen LogP contribution in [0.4, 0.5) is 0 Å². The highest BCUT2D eigenvalue weighted by atomic mass is 32.1. The summed E-state index contributed by atoms with van der Waals surface area (Å²) in [5.74, 6) is 1.29. The van der Waals surface area contributed by atoms with Crippen molar-refractivity contribution >= 4 is 17.2 Å². The number of hydrogen-bond acceptors (Lipinski definition) is 4. The fourth-order valence-corrected chi connectivity index (χ4v) is 3.09. The maximum Gasteiger partial charge on any atom is 0.264 e. The molecule has 0 aliphatic carbocycles. The molecule has 5 heteroatoms. The Morgan fingerprint density at radius 2 is 2.47 bits per heavy atom. The molecule has 1 saturated heterocycles. The van der Waals surface area contributed by atoms with Crippen molar-refractivity contribution in [1.82, 2.24) is 4.90 Å². The van der Waals surface area contributed by atoms with E-state index in [0.29, 0.717) is 12.5 Å². The van der Waals surface area contributed by atoms with Crippen molar-refractivity contribution in [2.75, 3.05) is 20.2 Å². The second-order valence-corrected chi connectivity index (χ2v) is 5.41. The third-order valence-corrected chi connectivity index (χ3v) is 4.17. The van der Waals surface area contributed by atoms with E-state index in [1.807, 2.05) is 10.3 Å². The summed E-state index contributed by atoms with van der Waals surface area (Å²) in [6, 6.07) is 2.08. The number of hydrogen-bond donors (Lipinski definition) is 1. The van der Waals surface area contributed by atoms with E-state index in [1.165, 1.54) is 11.3 Å². The van der Waals surface area contributed by atoms with Gasteiger partial charge in [0.2, 0.25) is 0 Å². The molecule has 1 fully saturated rings. The predicted octanol–water partition coefficient (Wildman–Crippen LogP) is 1.57. The molecular formula is C12H18N2O2S. The molecule has 0 radical (unpaired) electrons. The van der Waals surface area contributed by atoms with Crippen molar-refractivity contribution < 1.29 is 9.53 Å². The minimum atomic E-state index is 0.0988. The number of rotatable bonds is 3. The molecule has 2 atom stereocenters. The van der Waals surface area contributed by atoms with Gasteiger partial charge in [-0.05, 0) is 25.8 Å². The van der Waals surface area contributed by atoms with Gasteiger partial charge in [0.15, 0.2) is 0 Å². The van der Waals surface area contributed by atoms with Gasteiger partial charge in [0.25, 0.3) is 5.91 Å². The van der Waals surface area contributed by atoms with Crippen molar-refractivity contribution in [2.24, 2.45) is 11.7 Å². The first-order valence-corrected chi connectivity index (χ1v) is 6.67. The number of amides is 1. The Morgan fingerprint density at radius 1 is 1.71 bits per heavy atom. The summed E-state index contributed by atoms with van der Waals surface area (Å²) in [7, 11) is 1.61. The fourth-order valence-electron chi connectivity index (χ4n) is 2.28. The number of methoxy groups -OCH3 is 1. The highest BCUT2D eigenvalue weighted by Gasteiger charge is 2.32. The minimum Gasteiger partial charge on any atom is -0.496 e. The van der Waals surface area contributed by atoms with Crippen molar-refractivity contribution in [1.29, 1.82) is 0 Å². The summed E-state index contributed by atoms with van der Waals surface area (Å²) in [6.07, 6.45) is 1.00. The first-order chi connectivity index (χ1) is 8.15. The van der Waals surface area contributed by atoms with Crippen molar-refractivity contribution in [3.05, 3.63) is 16.3 Å². The van der Waals surface area contributed by atoms with Crippen LogP contribution < -0.4 is 10.5 Å². The fraction of sp³-hybridized carbons (Fsp3) is 0.583. The molecule has 2 unspecified atom stereocenters. The normalized spacial score (nSPS) is 24.1. The standard InChI is InChI=1S/C12H18N2O2S/c1-8-3-9(5-13)6-14(8)12(15)11-4-10(16-2)7-17-11/h4,7-9H,3,5-6,13H2,1-2H3. The summed E-state index contributed by atoms with van der Waals surface area (Å²) in [6.45, 7) is 3.51. The third kappa shape index (κ3) is 2.45. The van der Waals surface area contributed by atoms with Crippen LogP contribution in [0.5, 0.6) is 5.75 Å². The van der Waals surface area contributed by atoms with Gasteiger partial charge in [0, 0.05) is 24.0 Å². The Balaban J connectivity index is 2.09. The van der Waals surface area contributed by atoms with Crippen LogP contribution in [0.15, 0.2) is 11.4 Å². The largest absolute Gasteiger partial charge is 0.496 e. The van der Waals surface area contributed by atoms with E-state index in [-0.39, 0.29) is 11.9 Å². The number of carbonyl (C=O) groups excluding carboxylic acids is 1. The summed E-state index contributed by atoms with van der Waals surface area (Å²) in [5.41, 5.74) is 5.67. The smallest absolute Gasteiger partial charge is 0.264 e. The first-order valence-electron chi connectivity index (χ1n) is 5.79. The molecule has 2 N–H and O–H groups in total. The third-order valence-electron chi connectivity index (χ3n) is 3.28. The van der Waals surface area contributed by atoms with Crippen LogP contribution in [0.1, 0.15) is 23.0 Å². The number of nitrogens with zero attached hydrogens (tertiary/aromatic N) is 1. The van der Waals surface area contributed by atoms with E-state index in [9.17, 15) is 4.79 Å². The quantitative estimate of drug-likeness (QED) is 0.890. The number of nitrogens with two attached hydrogens (primary N) is 1. The van der Waals surface area contributed by atoms with E-state index in [0.717, 1.165) is 23.6 Å².